The van der Waals surface area contributed by atoms with Crippen LogP contribution in [0.5, 0.6) is 0 Å². The maximum Gasteiger partial charge on any atom is 0.250 e. The molecule has 4 nitrogen and oxygen atoms in total. The Hall–Kier alpha value is -1.39. The van der Waals surface area contributed by atoms with Gasteiger partial charge < -0.3 is 15.4 Å². The topological polar surface area (TPSA) is 50.4 Å². The fraction of sp³-hybridized carbons (Fsp3) is 0.500. The van der Waals surface area contributed by atoms with E-state index in [0.717, 1.165) is 29.9 Å². The van der Waals surface area contributed by atoms with Gasteiger partial charge in [0.2, 0.25) is 5.91 Å². The molecule has 0 spiro atoms. The second-order valence-corrected chi connectivity index (χ2v) is 5.16. The fourth-order valence-electron chi connectivity index (χ4n) is 2.01. The molecule has 0 aromatic heterocycles. The van der Waals surface area contributed by atoms with Gasteiger partial charge in [-0.15, -0.1) is 0 Å². The molecule has 2 rings (SSSR count). The van der Waals surface area contributed by atoms with E-state index in [2.05, 4.69) is 10.6 Å². The molecular weight excluding hydrogens is 228 g/mol. The minimum absolute atomic E-state index is 0.0967. The standard InChI is InChI=1S/C14H20N2O2/c1-10-5-4-6-11(2)13(10)16-12(17)7-18-14(3)8-15-9-14/h4-6,15H,7-9H2,1-3H3,(H,16,17). The lowest BCUT2D eigenvalue weighted by molar-refractivity contribution is -0.130. The molecule has 1 fully saturated rings. The van der Waals surface area contributed by atoms with Crippen LogP contribution >= 0.6 is 0 Å². The van der Waals surface area contributed by atoms with Gasteiger partial charge in [0.25, 0.3) is 0 Å². The predicted octanol–water partition coefficient (Wildman–Crippen LogP) is 1.62. The minimum Gasteiger partial charge on any atom is -0.363 e. The maximum absolute atomic E-state index is 11.8. The zero-order chi connectivity index (χ0) is 13.2. The van der Waals surface area contributed by atoms with Crippen LogP contribution in [0.3, 0.4) is 0 Å². The zero-order valence-electron chi connectivity index (χ0n) is 11.2. The molecule has 98 valence electrons. The van der Waals surface area contributed by atoms with E-state index in [0.29, 0.717) is 0 Å². The fourth-order valence-corrected chi connectivity index (χ4v) is 2.01. The molecule has 1 heterocycles. The summed E-state index contributed by atoms with van der Waals surface area (Å²) in [5, 5.41) is 6.05. The number of carbonyl (C=O) groups is 1. The van der Waals surface area contributed by atoms with E-state index in [-0.39, 0.29) is 18.1 Å². The smallest absolute Gasteiger partial charge is 0.250 e. The van der Waals surface area contributed by atoms with Gasteiger partial charge in [-0.3, -0.25) is 4.79 Å². The second kappa shape index (κ2) is 5.08. The highest BCUT2D eigenvalue weighted by Crippen LogP contribution is 2.20. The summed E-state index contributed by atoms with van der Waals surface area (Å²) in [7, 11) is 0. The average molecular weight is 248 g/mol. The van der Waals surface area contributed by atoms with Crippen LogP contribution < -0.4 is 10.6 Å². The molecule has 1 aliphatic rings. The molecule has 1 aromatic rings. The molecule has 1 saturated heterocycles. The van der Waals surface area contributed by atoms with E-state index in [4.69, 9.17) is 4.74 Å². The number of amides is 1. The molecular formula is C14H20N2O2. The van der Waals surface area contributed by atoms with E-state index in [1.54, 1.807) is 0 Å². The summed E-state index contributed by atoms with van der Waals surface area (Å²) >= 11 is 0. The number of nitrogens with one attached hydrogen (secondary N) is 2. The Morgan fingerprint density at radius 2 is 2.00 bits per heavy atom. The maximum atomic E-state index is 11.8. The summed E-state index contributed by atoms with van der Waals surface area (Å²) in [4.78, 5) is 11.8. The van der Waals surface area contributed by atoms with Gasteiger partial charge in [-0.1, -0.05) is 18.2 Å². The van der Waals surface area contributed by atoms with Gasteiger partial charge in [0, 0.05) is 18.8 Å². The van der Waals surface area contributed by atoms with Crippen molar-refractivity contribution >= 4 is 11.6 Å². The van der Waals surface area contributed by atoms with E-state index < -0.39 is 0 Å². The van der Waals surface area contributed by atoms with Crippen molar-refractivity contribution in [2.45, 2.75) is 26.4 Å². The van der Waals surface area contributed by atoms with Crippen LogP contribution in [-0.2, 0) is 9.53 Å². The Bertz CT molecular complexity index is 433. The van der Waals surface area contributed by atoms with Gasteiger partial charge in [0.1, 0.15) is 6.61 Å². The van der Waals surface area contributed by atoms with Crippen LogP contribution in [-0.4, -0.2) is 31.2 Å². The number of ether oxygens (including phenoxy) is 1. The summed E-state index contributed by atoms with van der Waals surface area (Å²) in [5.74, 6) is -0.0967. The molecule has 1 aromatic carbocycles. The first kappa shape index (κ1) is 13.1. The lowest BCUT2D eigenvalue weighted by Crippen LogP contribution is -2.59. The largest absolute Gasteiger partial charge is 0.363 e. The summed E-state index contributed by atoms with van der Waals surface area (Å²) in [6.07, 6.45) is 0. The highest BCUT2D eigenvalue weighted by atomic mass is 16.5. The van der Waals surface area contributed by atoms with Crippen LogP contribution in [0.25, 0.3) is 0 Å². The highest BCUT2D eigenvalue weighted by Gasteiger charge is 2.33. The van der Waals surface area contributed by atoms with Crippen molar-refractivity contribution in [1.29, 1.82) is 0 Å². The monoisotopic (exact) mass is 248 g/mol. The minimum atomic E-state index is -0.182. The number of para-hydroxylation sites is 1. The van der Waals surface area contributed by atoms with Crippen molar-refractivity contribution in [3.05, 3.63) is 29.3 Å². The first-order valence-corrected chi connectivity index (χ1v) is 6.21. The van der Waals surface area contributed by atoms with Crippen LogP contribution in [0.4, 0.5) is 5.69 Å². The molecule has 18 heavy (non-hydrogen) atoms. The first-order chi connectivity index (χ1) is 8.50. The quantitative estimate of drug-likeness (QED) is 0.851. The summed E-state index contributed by atoms with van der Waals surface area (Å²) < 4.78 is 5.60. The Morgan fingerprint density at radius 1 is 1.39 bits per heavy atom. The van der Waals surface area contributed by atoms with Gasteiger partial charge >= 0.3 is 0 Å². The van der Waals surface area contributed by atoms with Crippen molar-refractivity contribution in [1.82, 2.24) is 5.32 Å². The molecule has 0 unspecified atom stereocenters. The summed E-state index contributed by atoms with van der Waals surface area (Å²) in [6, 6.07) is 5.96. The van der Waals surface area contributed by atoms with Gasteiger partial charge in [-0.05, 0) is 31.9 Å². The number of carbonyl (C=O) groups excluding carboxylic acids is 1. The summed E-state index contributed by atoms with van der Waals surface area (Å²) in [5.41, 5.74) is 2.85. The van der Waals surface area contributed by atoms with Crippen LogP contribution in [0.1, 0.15) is 18.1 Å². The van der Waals surface area contributed by atoms with E-state index in [1.165, 1.54) is 0 Å². The molecule has 0 aliphatic carbocycles. The first-order valence-electron chi connectivity index (χ1n) is 6.21. The second-order valence-electron chi connectivity index (χ2n) is 5.16. The Morgan fingerprint density at radius 3 is 2.50 bits per heavy atom. The normalized spacial score (nSPS) is 17.1. The summed E-state index contributed by atoms with van der Waals surface area (Å²) in [6.45, 7) is 7.70. The van der Waals surface area contributed by atoms with Crippen molar-refractivity contribution in [3.63, 3.8) is 0 Å². The SMILES string of the molecule is Cc1cccc(C)c1NC(=O)COC1(C)CNC1. The third-order valence-electron chi connectivity index (χ3n) is 3.30. The lowest BCUT2D eigenvalue weighted by Gasteiger charge is -2.38. The molecule has 4 heteroatoms. The molecule has 0 atom stereocenters. The van der Waals surface area contributed by atoms with E-state index >= 15 is 0 Å². The van der Waals surface area contributed by atoms with Gasteiger partial charge in [-0.2, -0.15) is 0 Å². The number of anilines is 1. The number of benzene rings is 1. The van der Waals surface area contributed by atoms with Crippen LogP contribution in [0.15, 0.2) is 18.2 Å². The third kappa shape index (κ3) is 2.89. The molecule has 1 amide bonds. The number of rotatable bonds is 4. The lowest BCUT2D eigenvalue weighted by atomic mass is 10.0. The average Bonchev–Trinajstić information content (AvgIpc) is 2.29. The molecule has 0 radical (unpaired) electrons. The van der Waals surface area contributed by atoms with Crippen LogP contribution in [0.2, 0.25) is 0 Å². The molecule has 1 aliphatic heterocycles. The zero-order valence-corrected chi connectivity index (χ0v) is 11.2. The van der Waals surface area contributed by atoms with E-state index in [1.807, 2.05) is 39.0 Å². The van der Waals surface area contributed by atoms with Crippen molar-refractivity contribution in [3.8, 4) is 0 Å². The number of hydrogen-bond donors (Lipinski definition) is 2. The van der Waals surface area contributed by atoms with Crippen LogP contribution in [0, 0.1) is 13.8 Å². The number of aryl methyl sites for hydroxylation is 2. The van der Waals surface area contributed by atoms with Gasteiger partial charge in [0.05, 0.1) is 5.60 Å². The Labute approximate surface area is 108 Å². The van der Waals surface area contributed by atoms with Crippen molar-refractivity contribution in [2.75, 3.05) is 25.0 Å². The Balaban J connectivity index is 1.91. The van der Waals surface area contributed by atoms with Gasteiger partial charge in [-0.25, -0.2) is 0 Å². The van der Waals surface area contributed by atoms with Crippen molar-refractivity contribution in [2.24, 2.45) is 0 Å². The highest BCUT2D eigenvalue weighted by molar-refractivity contribution is 5.93. The van der Waals surface area contributed by atoms with E-state index in [9.17, 15) is 4.79 Å². The van der Waals surface area contributed by atoms with Gasteiger partial charge in [0.15, 0.2) is 0 Å². The molecule has 0 saturated carbocycles. The molecule has 0 bridgehead atoms. The molecule has 2 N–H and O–H groups in total. The van der Waals surface area contributed by atoms with Crippen molar-refractivity contribution < 1.29 is 9.53 Å². The predicted molar refractivity (Wildman–Crippen MR) is 71.8 cm³/mol. The Kier molecular flexibility index (Phi) is 3.68. The number of hydrogen-bond acceptors (Lipinski definition) is 3. The third-order valence-corrected chi connectivity index (χ3v) is 3.30.